The van der Waals surface area contributed by atoms with Crippen molar-refractivity contribution in [3.8, 4) is 5.75 Å². The Labute approximate surface area is 133 Å². The van der Waals surface area contributed by atoms with Gasteiger partial charge in [-0.15, -0.1) is 0 Å². The van der Waals surface area contributed by atoms with E-state index in [1.807, 2.05) is 16.7 Å². The van der Waals surface area contributed by atoms with Crippen LogP contribution in [-0.4, -0.2) is 50.9 Å². The molecule has 2 saturated heterocycles. The number of aromatic hydroxyl groups is 1. The second kappa shape index (κ2) is 5.93. The fraction of sp³-hybridized carbons (Fsp3) is 0.438. The lowest BCUT2D eigenvalue weighted by Gasteiger charge is -2.39. The summed E-state index contributed by atoms with van der Waals surface area (Å²) in [6, 6.07) is 6.50. The number of imidazole rings is 1. The highest BCUT2D eigenvalue weighted by Crippen LogP contribution is 2.35. The average molecular weight is 317 g/mol. The molecule has 3 heterocycles. The first-order valence-corrected chi connectivity index (χ1v) is 7.67. The minimum atomic E-state index is -0.679. The molecular formula is C16H19N3O4. The molecule has 122 valence electrons. The average Bonchev–Trinajstić information content (AvgIpc) is 3.21. The predicted octanol–water partition coefficient (Wildman–Crippen LogP) is 0.404. The largest absolute Gasteiger partial charge is 0.508 e. The van der Waals surface area contributed by atoms with Crippen LogP contribution < -0.4 is 5.32 Å². The monoisotopic (exact) mass is 317 g/mol. The van der Waals surface area contributed by atoms with Crippen LogP contribution in [0.4, 0.5) is 0 Å². The Hall–Kier alpha value is -1.93. The van der Waals surface area contributed by atoms with Crippen LogP contribution in [0, 0.1) is 0 Å². The Morgan fingerprint density at radius 3 is 3.00 bits per heavy atom. The zero-order valence-electron chi connectivity index (χ0n) is 12.4. The van der Waals surface area contributed by atoms with Crippen molar-refractivity contribution in [2.45, 2.75) is 37.1 Å². The summed E-state index contributed by atoms with van der Waals surface area (Å²) in [6.45, 7) is 0.876. The van der Waals surface area contributed by atoms with Crippen LogP contribution in [0.15, 0.2) is 43.0 Å². The maximum absolute atomic E-state index is 10.8. The van der Waals surface area contributed by atoms with Gasteiger partial charge in [0.05, 0.1) is 25.1 Å². The maximum atomic E-state index is 10.8. The zero-order valence-corrected chi connectivity index (χ0v) is 12.4. The number of nitrogens with zero attached hydrogens (tertiary/aromatic N) is 2. The number of para-hydroxylation sites is 1. The summed E-state index contributed by atoms with van der Waals surface area (Å²) in [5.41, 5.74) is 0.778. The first kappa shape index (κ1) is 14.6. The molecule has 0 radical (unpaired) electrons. The number of hydrogen-bond donors (Lipinski definition) is 3. The Balaban J connectivity index is 1.52. The van der Waals surface area contributed by atoms with Gasteiger partial charge in [0.15, 0.2) is 6.29 Å². The Bertz CT molecular complexity index is 663. The maximum Gasteiger partial charge on any atom is 0.181 e. The molecule has 2 fully saturated rings. The van der Waals surface area contributed by atoms with E-state index in [1.165, 1.54) is 0 Å². The van der Waals surface area contributed by atoms with Gasteiger partial charge >= 0.3 is 0 Å². The molecule has 2 aliphatic heterocycles. The number of aliphatic hydroxyl groups excluding tert-OH is 1. The second-order valence-electron chi connectivity index (χ2n) is 5.90. The minimum Gasteiger partial charge on any atom is -0.508 e. The van der Waals surface area contributed by atoms with Crippen molar-refractivity contribution in [2.24, 2.45) is 0 Å². The van der Waals surface area contributed by atoms with Crippen molar-refractivity contribution >= 4 is 0 Å². The quantitative estimate of drug-likeness (QED) is 0.757. The normalized spacial score (nSPS) is 33.0. The number of phenolic OH excluding ortho intramolecular Hbond substituents is 1. The van der Waals surface area contributed by atoms with Crippen molar-refractivity contribution in [1.29, 1.82) is 0 Å². The van der Waals surface area contributed by atoms with Gasteiger partial charge in [-0.25, -0.2) is 4.98 Å². The van der Waals surface area contributed by atoms with Crippen LogP contribution >= 0.6 is 0 Å². The van der Waals surface area contributed by atoms with E-state index < -0.39 is 12.4 Å². The topological polar surface area (TPSA) is 88.8 Å². The molecule has 2 bridgehead atoms. The molecule has 7 heteroatoms. The van der Waals surface area contributed by atoms with Crippen LogP contribution in [0.25, 0.3) is 0 Å². The summed E-state index contributed by atoms with van der Waals surface area (Å²) in [5, 5.41) is 24.0. The van der Waals surface area contributed by atoms with Crippen molar-refractivity contribution in [3.63, 3.8) is 0 Å². The molecule has 7 nitrogen and oxygen atoms in total. The van der Waals surface area contributed by atoms with Gasteiger partial charge < -0.3 is 29.6 Å². The number of aromatic nitrogens is 2. The molecule has 0 spiro atoms. The van der Waals surface area contributed by atoms with E-state index in [0.717, 1.165) is 5.56 Å². The fourth-order valence-electron chi connectivity index (χ4n) is 3.30. The Kier molecular flexibility index (Phi) is 3.78. The number of ether oxygens (including phenoxy) is 2. The van der Waals surface area contributed by atoms with Crippen molar-refractivity contribution in [2.75, 3.05) is 6.61 Å². The summed E-state index contributed by atoms with van der Waals surface area (Å²) < 4.78 is 13.4. The van der Waals surface area contributed by atoms with Gasteiger partial charge in [-0.05, 0) is 6.07 Å². The van der Waals surface area contributed by atoms with Gasteiger partial charge in [0.25, 0.3) is 0 Å². The van der Waals surface area contributed by atoms with Crippen molar-refractivity contribution in [3.05, 3.63) is 48.5 Å². The van der Waals surface area contributed by atoms with Crippen molar-refractivity contribution in [1.82, 2.24) is 14.9 Å². The summed E-state index contributed by atoms with van der Waals surface area (Å²) in [4.78, 5) is 4.03. The molecule has 1 aromatic heterocycles. The number of aliphatic hydroxyl groups is 1. The summed E-state index contributed by atoms with van der Waals surface area (Å²) >= 11 is 0. The van der Waals surface area contributed by atoms with E-state index in [1.54, 1.807) is 30.9 Å². The van der Waals surface area contributed by atoms with E-state index in [4.69, 9.17) is 9.47 Å². The lowest BCUT2D eigenvalue weighted by atomic mass is 9.95. The van der Waals surface area contributed by atoms with E-state index in [2.05, 4.69) is 10.3 Å². The molecule has 0 aliphatic carbocycles. The molecule has 1 aromatic carbocycles. The molecule has 5 atom stereocenters. The van der Waals surface area contributed by atoms with Crippen LogP contribution in [-0.2, 0) is 16.0 Å². The second-order valence-corrected chi connectivity index (χ2v) is 5.90. The molecule has 0 saturated carbocycles. The standard InChI is InChI=1S/C16H19N3O4/c20-11-4-2-1-3-10(11)7-18-13-12-8-22-16(23-12)14(15(13)21)19-6-5-17-9-19/h1-6,9,12-16,18,20-21H,7-8H2. The van der Waals surface area contributed by atoms with Crippen LogP contribution in [0.3, 0.4) is 0 Å². The number of hydrogen-bond acceptors (Lipinski definition) is 6. The minimum absolute atomic E-state index is 0.208. The van der Waals surface area contributed by atoms with Crippen molar-refractivity contribution < 1.29 is 19.7 Å². The zero-order chi connectivity index (χ0) is 15.8. The first-order chi connectivity index (χ1) is 11.2. The number of benzene rings is 1. The highest BCUT2D eigenvalue weighted by atomic mass is 16.7. The molecule has 3 N–H and O–H groups in total. The highest BCUT2D eigenvalue weighted by Gasteiger charge is 2.50. The third-order valence-corrected chi connectivity index (χ3v) is 4.52. The molecular weight excluding hydrogens is 298 g/mol. The molecule has 2 aromatic rings. The molecule has 4 rings (SSSR count). The number of rotatable bonds is 4. The smallest absolute Gasteiger partial charge is 0.181 e. The van der Waals surface area contributed by atoms with Gasteiger partial charge in [-0.3, -0.25) is 0 Å². The lowest BCUT2D eigenvalue weighted by molar-refractivity contribution is -0.165. The van der Waals surface area contributed by atoms with Crippen LogP contribution in [0.2, 0.25) is 0 Å². The summed E-state index contributed by atoms with van der Waals surface area (Å²) in [6.07, 6.45) is 3.76. The summed E-state index contributed by atoms with van der Waals surface area (Å²) in [7, 11) is 0. The number of nitrogens with one attached hydrogen (secondary N) is 1. The van der Waals surface area contributed by atoms with E-state index in [0.29, 0.717) is 13.2 Å². The van der Waals surface area contributed by atoms with Gasteiger partial charge in [0.1, 0.15) is 17.9 Å². The first-order valence-electron chi connectivity index (χ1n) is 7.67. The van der Waals surface area contributed by atoms with Gasteiger partial charge in [0, 0.05) is 24.5 Å². The molecule has 23 heavy (non-hydrogen) atoms. The third kappa shape index (κ3) is 2.61. The van der Waals surface area contributed by atoms with E-state index in [9.17, 15) is 10.2 Å². The lowest BCUT2D eigenvalue weighted by Crippen LogP contribution is -2.57. The SMILES string of the molecule is Oc1ccccc1CNC1C2COC(O2)C(n2ccnc2)C1O. The highest BCUT2D eigenvalue weighted by molar-refractivity contribution is 5.31. The number of fused-ring (bicyclic) bond motifs is 2. The number of phenols is 1. The predicted molar refractivity (Wildman–Crippen MR) is 80.6 cm³/mol. The molecule has 0 amide bonds. The fourth-order valence-corrected chi connectivity index (χ4v) is 3.30. The van der Waals surface area contributed by atoms with Crippen LogP contribution in [0.5, 0.6) is 5.75 Å². The molecule has 2 aliphatic rings. The van der Waals surface area contributed by atoms with E-state index in [-0.39, 0.29) is 23.9 Å². The Morgan fingerprint density at radius 2 is 2.22 bits per heavy atom. The Morgan fingerprint density at radius 1 is 1.35 bits per heavy atom. The van der Waals surface area contributed by atoms with Gasteiger partial charge in [-0.2, -0.15) is 0 Å². The van der Waals surface area contributed by atoms with Gasteiger partial charge in [0.2, 0.25) is 0 Å². The van der Waals surface area contributed by atoms with Crippen LogP contribution in [0.1, 0.15) is 11.6 Å². The van der Waals surface area contributed by atoms with Gasteiger partial charge in [-0.1, -0.05) is 18.2 Å². The van der Waals surface area contributed by atoms with E-state index >= 15 is 0 Å². The summed E-state index contributed by atoms with van der Waals surface area (Å²) in [5.74, 6) is 0.234. The third-order valence-electron chi connectivity index (χ3n) is 4.52. The molecule has 5 unspecified atom stereocenters.